The Balaban J connectivity index is 2.60. The first-order valence-corrected chi connectivity index (χ1v) is 4.59. The van der Waals surface area contributed by atoms with Crippen LogP contribution in [0.2, 0.25) is 0 Å². The van der Waals surface area contributed by atoms with Gasteiger partial charge in [0, 0.05) is 18.4 Å². The van der Waals surface area contributed by atoms with Crippen LogP contribution in [0.3, 0.4) is 0 Å². The van der Waals surface area contributed by atoms with Crippen LogP contribution in [0.4, 0.5) is 5.69 Å². The van der Waals surface area contributed by atoms with Gasteiger partial charge in [-0.25, -0.2) is 0 Å². The lowest BCUT2D eigenvalue weighted by molar-refractivity contribution is -0.386. The number of carbonyl (C=O) groups is 1. The van der Waals surface area contributed by atoms with Crippen molar-refractivity contribution in [3.63, 3.8) is 0 Å². The van der Waals surface area contributed by atoms with Gasteiger partial charge < -0.3 is 5.11 Å². The number of benzene rings is 1. The number of phenols is 1. The molecule has 0 amide bonds. The summed E-state index contributed by atoms with van der Waals surface area (Å²) in [5.41, 5.74) is 0.912. The number of ketones is 1. The molecule has 5 nitrogen and oxygen atoms in total. The van der Waals surface area contributed by atoms with Crippen molar-refractivity contribution in [1.29, 1.82) is 0 Å². The Morgan fingerprint density at radius 2 is 2.07 bits per heavy atom. The van der Waals surface area contributed by atoms with Crippen LogP contribution >= 0.6 is 0 Å². The lowest BCUT2D eigenvalue weighted by Gasteiger charge is -2.14. The van der Waals surface area contributed by atoms with Gasteiger partial charge in [-0.2, -0.15) is 0 Å². The summed E-state index contributed by atoms with van der Waals surface area (Å²) >= 11 is 0. The van der Waals surface area contributed by atoms with Crippen LogP contribution in [0.15, 0.2) is 12.1 Å². The molecule has 1 aliphatic rings. The Kier molecular flexibility index (Phi) is 2.15. The number of hydrogen-bond acceptors (Lipinski definition) is 4. The molecule has 1 N–H and O–H groups in total. The molecule has 2 rings (SSSR count). The summed E-state index contributed by atoms with van der Waals surface area (Å²) in [7, 11) is 0. The highest BCUT2D eigenvalue weighted by atomic mass is 16.6. The molecule has 0 saturated heterocycles. The van der Waals surface area contributed by atoms with Gasteiger partial charge in [0.25, 0.3) is 0 Å². The van der Waals surface area contributed by atoms with Crippen LogP contribution < -0.4 is 0 Å². The minimum Gasteiger partial charge on any atom is -0.502 e. The van der Waals surface area contributed by atoms with Crippen LogP contribution in [0, 0.1) is 10.1 Å². The molecule has 78 valence electrons. The molecular weight excluding hydrogens is 198 g/mol. The van der Waals surface area contributed by atoms with E-state index in [2.05, 4.69) is 0 Å². The van der Waals surface area contributed by atoms with Gasteiger partial charge in [0.2, 0.25) is 0 Å². The van der Waals surface area contributed by atoms with E-state index < -0.39 is 4.92 Å². The molecule has 0 fully saturated rings. The first kappa shape index (κ1) is 9.64. The third-order valence-electron chi connectivity index (χ3n) is 2.58. The Bertz CT molecular complexity index is 453. The monoisotopic (exact) mass is 207 g/mol. The predicted octanol–water partition coefficient (Wildman–Crippen LogP) is 1.36. The van der Waals surface area contributed by atoms with E-state index in [1.165, 1.54) is 6.07 Å². The molecule has 0 atom stereocenters. The Labute approximate surface area is 85.5 Å². The second-order valence-corrected chi connectivity index (χ2v) is 3.54. The highest BCUT2D eigenvalue weighted by molar-refractivity contribution is 5.84. The maximum absolute atomic E-state index is 11.2. The van der Waals surface area contributed by atoms with E-state index in [-0.39, 0.29) is 23.6 Å². The lowest BCUT2D eigenvalue weighted by atomic mass is 9.89. The van der Waals surface area contributed by atoms with E-state index in [9.17, 15) is 20.0 Å². The smallest absolute Gasteiger partial charge is 0.314 e. The van der Waals surface area contributed by atoms with Gasteiger partial charge in [0.05, 0.1) is 4.92 Å². The number of Topliss-reactive ketones (excluding diaryl/α,β-unsaturated/α-hetero) is 1. The Morgan fingerprint density at radius 1 is 1.33 bits per heavy atom. The van der Waals surface area contributed by atoms with Gasteiger partial charge in [-0.3, -0.25) is 14.9 Å². The van der Waals surface area contributed by atoms with Gasteiger partial charge >= 0.3 is 5.69 Å². The van der Waals surface area contributed by atoms with E-state index in [0.29, 0.717) is 24.0 Å². The maximum Gasteiger partial charge on any atom is 0.314 e. The zero-order chi connectivity index (χ0) is 11.0. The first-order chi connectivity index (χ1) is 7.09. The number of nitro benzene ring substituents is 1. The van der Waals surface area contributed by atoms with Gasteiger partial charge in [-0.15, -0.1) is 0 Å². The molecule has 0 saturated carbocycles. The molecule has 0 heterocycles. The molecule has 0 bridgehead atoms. The fraction of sp³-hybridized carbons (Fsp3) is 0.300. The molecule has 0 aliphatic heterocycles. The molecule has 1 aromatic carbocycles. The van der Waals surface area contributed by atoms with Crippen LogP contribution in [0.25, 0.3) is 0 Å². The lowest BCUT2D eigenvalue weighted by Crippen LogP contribution is -2.14. The van der Waals surface area contributed by atoms with Crippen LogP contribution in [-0.4, -0.2) is 15.8 Å². The summed E-state index contributed by atoms with van der Waals surface area (Å²) in [5, 5.41) is 20.1. The number of rotatable bonds is 1. The predicted molar refractivity (Wildman–Crippen MR) is 51.8 cm³/mol. The Hall–Kier alpha value is -1.91. The second kappa shape index (κ2) is 3.34. The number of hydrogen-bond donors (Lipinski definition) is 1. The number of carbonyl (C=O) groups excluding carboxylic acids is 1. The topological polar surface area (TPSA) is 80.4 Å². The van der Waals surface area contributed by atoms with E-state index in [0.717, 1.165) is 0 Å². The molecule has 0 unspecified atom stereocenters. The van der Waals surface area contributed by atoms with E-state index >= 15 is 0 Å². The average molecular weight is 207 g/mol. The number of nitrogens with zero attached hydrogens (tertiary/aromatic N) is 1. The number of nitro groups is 1. The molecule has 0 spiro atoms. The summed E-state index contributed by atoms with van der Waals surface area (Å²) in [6.45, 7) is 0. The summed E-state index contributed by atoms with van der Waals surface area (Å²) < 4.78 is 0. The van der Waals surface area contributed by atoms with Crippen molar-refractivity contribution in [3.8, 4) is 5.75 Å². The van der Waals surface area contributed by atoms with E-state index in [1.54, 1.807) is 6.07 Å². The van der Waals surface area contributed by atoms with Crippen molar-refractivity contribution < 1.29 is 14.8 Å². The zero-order valence-electron chi connectivity index (χ0n) is 7.90. The average Bonchev–Trinajstić information content (AvgIpc) is 2.17. The van der Waals surface area contributed by atoms with Crippen LogP contribution in [0.1, 0.15) is 17.5 Å². The summed E-state index contributed by atoms with van der Waals surface area (Å²) in [5.74, 6) is -0.240. The van der Waals surface area contributed by atoms with Crippen molar-refractivity contribution in [2.24, 2.45) is 0 Å². The number of aromatic hydroxyl groups is 1. The van der Waals surface area contributed by atoms with E-state index in [4.69, 9.17) is 0 Å². The van der Waals surface area contributed by atoms with Crippen molar-refractivity contribution in [3.05, 3.63) is 33.4 Å². The Morgan fingerprint density at radius 3 is 2.73 bits per heavy atom. The first-order valence-electron chi connectivity index (χ1n) is 4.59. The molecule has 0 aromatic heterocycles. The minimum atomic E-state index is -0.593. The fourth-order valence-corrected chi connectivity index (χ4v) is 1.88. The standard InChI is InChI=1S/C10H9NO4/c12-7-2-3-8-6(5-7)1-4-9(13)10(8)11(14)15/h1,4,13H,2-3,5H2. The molecule has 1 aromatic rings. The summed E-state index contributed by atoms with van der Waals surface area (Å²) in [6.07, 6.45) is 0.895. The second-order valence-electron chi connectivity index (χ2n) is 3.54. The largest absolute Gasteiger partial charge is 0.502 e. The molecule has 15 heavy (non-hydrogen) atoms. The normalized spacial score (nSPS) is 14.8. The van der Waals surface area contributed by atoms with Gasteiger partial charge in [-0.1, -0.05) is 6.07 Å². The quantitative estimate of drug-likeness (QED) is 0.556. The molecule has 1 aliphatic carbocycles. The minimum absolute atomic E-state index is 0.0856. The zero-order valence-corrected chi connectivity index (χ0v) is 7.90. The van der Waals surface area contributed by atoms with Crippen LogP contribution in [0.5, 0.6) is 5.75 Å². The number of fused-ring (bicyclic) bond motifs is 1. The van der Waals surface area contributed by atoms with Crippen LogP contribution in [-0.2, 0) is 17.6 Å². The number of phenolic OH excluding ortho intramolecular Hbond substituents is 1. The maximum atomic E-state index is 11.2. The summed E-state index contributed by atoms with van der Waals surface area (Å²) in [6, 6.07) is 2.85. The third kappa shape index (κ3) is 1.56. The van der Waals surface area contributed by atoms with Crippen molar-refractivity contribution in [1.82, 2.24) is 0 Å². The molecule has 0 radical (unpaired) electrons. The summed E-state index contributed by atoms with van der Waals surface area (Å²) in [4.78, 5) is 21.3. The highest BCUT2D eigenvalue weighted by Crippen LogP contribution is 2.35. The van der Waals surface area contributed by atoms with Crippen molar-refractivity contribution in [2.45, 2.75) is 19.3 Å². The SMILES string of the molecule is O=C1CCc2c(ccc(O)c2[N+](=O)[O-])C1. The van der Waals surface area contributed by atoms with Crippen molar-refractivity contribution in [2.75, 3.05) is 0 Å². The highest BCUT2D eigenvalue weighted by Gasteiger charge is 2.26. The van der Waals surface area contributed by atoms with Crippen molar-refractivity contribution >= 4 is 11.5 Å². The molecular formula is C10H9NO4. The van der Waals surface area contributed by atoms with E-state index in [1.807, 2.05) is 0 Å². The van der Waals surface area contributed by atoms with Gasteiger partial charge in [0.15, 0.2) is 5.75 Å². The van der Waals surface area contributed by atoms with Gasteiger partial charge in [-0.05, 0) is 18.1 Å². The third-order valence-corrected chi connectivity index (χ3v) is 2.58. The van der Waals surface area contributed by atoms with Gasteiger partial charge in [0.1, 0.15) is 5.78 Å². The fourth-order valence-electron chi connectivity index (χ4n) is 1.88. The molecule has 5 heteroatoms.